The summed E-state index contributed by atoms with van der Waals surface area (Å²) in [5.74, 6) is -0.345. The van der Waals surface area contributed by atoms with Crippen molar-refractivity contribution < 1.29 is 9.18 Å². The minimum Gasteiger partial charge on any atom is -0.303 e. The second-order valence-electron chi connectivity index (χ2n) is 4.91. The maximum absolute atomic E-state index is 13.9. The standard InChI is InChI=1S/C15H8Br3ClFN3OS/c16-8-4-12(25-13(8)18)15(24)21-14-9(17)6-23(22-14)5-7-10(19)2-1-3-11(7)20/h1-4,6H,5H2,(H,21,22,24). The van der Waals surface area contributed by atoms with E-state index in [1.54, 1.807) is 24.4 Å². The fraction of sp³-hybridized carbons (Fsp3) is 0.0667. The number of carbonyl (C=O) groups is 1. The van der Waals surface area contributed by atoms with Crippen LogP contribution in [-0.2, 0) is 6.54 Å². The Kier molecular flexibility index (Phi) is 5.99. The lowest BCUT2D eigenvalue weighted by atomic mass is 10.2. The summed E-state index contributed by atoms with van der Waals surface area (Å²) in [5, 5.41) is 7.33. The second kappa shape index (κ2) is 7.87. The molecule has 0 fully saturated rings. The van der Waals surface area contributed by atoms with Gasteiger partial charge in [0, 0.05) is 21.3 Å². The van der Waals surface area contributed by atoms with Gasteiger partial charge in [-0.1, -0.05) is 17.7 Å². The zero-order valence-electron chi connectivity index (χ0n) is 12.2. The Bertz CT molecular complexity index is 920. The van der Waals surface area contributed by atoms with E-state index in [-0.39, 0.29) is 12.5 Å². The van der Waals surface area contributed by atoms with E-state index in [1.165, 1.54) is 22.1 Å². The van der Waals surface area contributed by atoms with Gasteiger partial charge in [-0.2, -0.15) is 5.10 Å². The maximum Gasteiger partial charge on any atom is 0.267 e. The molecular weight excluding hydrogens is 564 g/mol. The molecule has 0 spiro atoms. The zero-order chi connectivity index (χ0) is 18.1. The molecule has 4 nitrogen and oxygen atoms in total. The lowest BCUT2D eigenvalue weighted by Crippen LogP contribution is -2.12. The molecule has 3 rings (SSSR count). The Morgan fingerprint density at radius 1 is 1.32 bits per heavy atom. The molecule has 1 N–H and O–H groups in total. The molecule has 0 aliphatic heterocycles. The van der Waals surface area contributed by atoms with Crippen LogP contribution >= 0.6 is 70.7 Å². The highest BCUT2D eigenvalue weighted by molar-refractivity contribution is 9.13. The lowest BCUT2D eigenvalue weighted by molar-refractivity contribution is 0.103. The lowest BCUT2D eigenvalue weighted by Gasteiger charge is -2.05. The van der Waals surface area contributed by atoms with Gasteiger partial charge in [-0.05, 0) is 66.0 Å². The molecule has 0 unspecified atom stereocenters. The Balaban J connectivity index is 1.79. The van der Waals surface area contributed by atoms with Gasteiger partial charge in [0.15, 0.2) is 5.82 Å². The van der Waals surface area contributed by atoms with Gasteiger partial charge in [0.1, 0.15) is 5.82 Å². The average Bonchev–Trinajstić information content (AvgIpc) is 3.06. The summed E-state index contributed by atoms with van der Waals surface area (Å²) >= 11 is 17.4. The molecule has 10 heteroatoms. The molecule has 0 atom stereocenters. The molecule has 0 aliphatic carbocycles. The van der Waals surface area contributed by atoms with Gasteiger partial charge in [0.25, 0.3) is 5.91 Å². The number of amides is 1. The predicted octanol–water partition coefficient (Wildman–Crippen LogP) is 6.33. The van der Waals surface area contributed by atoms with E-state index in [1.807, 2.05) is 0 Å². The van der Waals surface area contributed by atoms with Gasteiger partial charge in [0.2, 0.25) is 0 Å². The van der Waals surface area contributed by atoms with Crippen molar-refractivity contribution in [3.05, 3.63) is 64.5 Å². The third-order valence-corrected chi connectivity index (χ3v) is 7.39. The first-order valence-corrected chi connectivity index (χ1v) is 10.3. The third kappa shape index (κ3) is 4.33. The van der Waals surface area contributed by atoms with Crippen molar-refractivity contribution >= 4 is 82.5 Å². The van der Waals surface area contributed by atoms with E-state index in [9.17, 15) is 9.18 Å². The molecule has 0 radical (unpaired) electrons. The number of nitrogens with one attached hydrogen (secondary N) is 1. The van der Waals surface area contributed by atoms with E-state index in [4.69, 9.17) is 11.6 Å². The largest absolute Gasteiger partial charge is 0.303 e. The topological polar surface area (TPSA) is 46.9 Å². The number of aromatic nitrogens is 2. The first-order chi connectivity index (χ1) is 11.8. The fourth-order valence-corrected chi connectivity index (χ4v) is 4.60. The molecule has 0 bridgehead atoms. The highest BCUT2D eigenvalue weighted by atomic mass is 79.9. The molecule has 3 aromatic rings. The summed E-state index contributed by atoms with van der Waals surface area (Å²) in [6.45, 7) is 0.149. The van der Waals surface area contributed by atoms with Crippen LogP contribution in [0, 0.1) is 5.82 Å². The Morgan fingerprint density at radius 2 is 2.08 bits per heavy atom. The van der Waals surface area contributed by atoms with Crippen molar-refractivity contribution in [1.82, 2.24) is 9.78 Å². The van der Waals surface area contributed by atoms with E-state index in [0.717, 1.165) is 8.26 Å². The van der Waals surface area contributed by atoms with Crippen LogP contribution in [0.15, 0.2) is 43.2 Å². The summed E-state index contributed by atoms with van der Waals surface area (Å²) in [6.07, 6.45) is 1.65. The summed E-state index contributed by atoms with van der Waals surface area (Å²) in [5.41, 5.74) is 0.336. The monoisotopic (exact) mass is 569 g/mol. The average molecular weight is 572 g/mol. The molecule has 0 aliphatic rings. The first-order valence-electron chi connectivity index (χ1n) is 6.77. The number of rotatable bonds is 4. The summed E-state index contributed by atoms with van der Waals surface area (Å²) in [4.78, 5) is 12.8. The SMILES string of the molecule is O=C(Nc1nn(Cc2c(F)cccc2Cl)cc1Br)c1cc(Br)c(Br)s1. The van der Waals surface area contributed by atoms with Gasteiger partial charge >= 0.3 is 0 Å². The van der Waals surface area contributed by atoms with Crippen molar-refractivity contribution in [3.63, 3.8) is 0 Å². The first kappa shape index (κ1) is 19.0. The Morgan fingerprint density at radius 3 is 2.72 bits per heavy atom. The number of benzene rings is 1. The molecule has 1 amide bonds. The molecule has 0 saturated carbocycles. The number of anilines is 1. The summed E-state index contributed by atoms with van der Waals surface area (Å²) < 4.78 is 17.6. The number of hydrogen-bond donors (Lipinski definition) is 1. The van der Waals surface area contributed by atoms with Crippen molar-refractivity contribution in [2.45, 2.75) is 6.54 Å². The van der Waals surface area contributed by atoms with E-state index >= 15 is 0 Å². The van der Waals surface area contributed by atoms with E-state index in [2.05, 4.69) is 58.2 Å². The highest BCUT2D eigenvalue weighted by Crippen LogP contribution is 2.33. The van der Waals surface area contributed by atoms with Gasteiger partial charge in [-0.3, -0.25) is 9.48 Å². The smallest absolute Gasteiger partial charge is 0.267 e. The Hall–Kier alpha value is -0.740. The Labute approximate surface area is 176 Å². The van der Waals surface area contributed by atoms with Crippen LogP contribution in [0.5, 0.6) is 0 Å². The maximum atomic E-state index is 13.9. The minimum atomic E-state index is -0.405. The van der Waals surface area contributed by atoms with Crippen LogP contribution in [0.2, 0.25) is 5.02 Å². The fourth-order valence-electron chi connectivity index (χ4n) is 2.04. The number of carbonyl (C=O) groups excluding carboxylic acids is 1. The number of nitrogens with zero attached hydrogens (tertiary/aromatic N) is 2. The second-order valence-corrected chi connectivity index (χ2v) is 9.40. The number of thiophene rings is 1. The summed E-state index contributed by atoms with van der Waals surface area (Å²) in [6, 6.07) is 6.22. The van der Waals surface area contributed by atoms with Crippen LogP contribution < -0.4 is 5.32 Å². The molecule has 0 saturated heterocycles. The third-order valence-electron chi connectivity index (χ3n) is 3.20. The minimum absolute atomic E-state index is 0.149. The molecule has 25 heavy (non-hydrogen) atoms. The van der Waals surface area contributed by atoms with Crippen LogP contribution in [-0.4, -0.2) is 15.7 Å². The van der Waals surface area contributed by atoms with Crippen molar-refractivity contribution in [2.75, 3.05) is 5.32 Å². The van der Waals surface area contributed by atoms with Gasteiger partial charge < -0.3 is 5.32 Å². The van der Waals surface area contributed by atoms with Crippen LogP contribution in [0.1, 0.15) is 15.2 Å². The van der Waals surface area contributed by atoms with E-state index < -0.39 is 5.82 Å². The van der Waals surface area contributed by atoms with E-state index in [0.29, 0.717) is 25.8 Å². The van der Waals surface area contributed by atoms with Crippen molar-refractivity contribution in [2.24, 2.45) is 0 Å². The number of hydrogen-bond acceptors (Lipinski definition) is 3. The van der Waals surface area contributed by atoms with Gasteiger partial charge in [0.05, 0.1) is 19.7 Å². The number of halogens is 5. The zero-order valence-corrected chi connectivity index (χ0v) is 18.5. The van der Waals surface area contributed by atoms with Crippen LogP contribution in [0.25, 0.3) is 0 Å². The normalized spacial score (nSPS) is 10.9. The van der Waals surface area contributed by atoms with Crippen molar-refractivity contribution in [1.29, 1.82) is 0 Å². The van der Waals surface area contributed by atoms with Crippen molar-refractivity contribution in [3.8, 4) is 0 Å². The quantitative estimate of drug-likeness (QED) is 0.398. The van der Waals surface area contributed by atoms with Crippen LogP contribution in [0.3, 0.4) is 0 Å². The van der Waals surface area contributed by atoms with Crippen LogP contribution in [0.4, 0.5) is 10.2 Å². The summed E-state index contributed by atoms with van der Waals surface area (Å²) in [7, 11) is 0. The molecular formula is C15H8Br3ClFN3OS. The van der Waals surface area contributed by atoms with Gasteiger partial charge in [-0.25, -0.2) is 4.39 Å². The molecule has 2 heterocycles. The molecule has 2 aromatic heterocycles. The highest BCUT2D eigenvalue weighted by Gasteiger charge is 2.16. The van der Waals surface area contributed by atoms with Gasteiger partial charge in [-0.15, -0.1) is 11.3 Å². The molecule has 1 aromatic carbocycles. The molecule has 130 valence electrons. The predicted molar refractivity (Wildman–Crippen MR) is 108 cm³/mol.